The van der Waals surface area contributed by atoms with Gasteiger partial charge in [-0.15, -0.1) is 13.2 Å². The highest BCUT2D eigenvalue weighted by Crippen LogP contribution is 2.60. The molecule has 11 heteroatoms. The maximum atomic E-state index is 15.3. The van der Waals surface area contributed by atoms with Crippen LogP contribution in [-0.2, 0) is 33.4 Å². The summed E-state index contributed by atoms with van der Waals surface area (Å²) in [5.41, 5.74) is 2.38. The van der Waals surface area contributed by atoms with Crippen LogP contribution in [0.1, 0.15) is 60.1 Å². The van der Waals surface area contributed by atoms with Gasteiger partial charge in [-0.05, 0) is 61.4 Å². The van der Waals surface area contributed by atoms with Crippen molar-refractivity contribution < 1.29 is 38.5 Å². The van der Waals surface area contributed by atoms with Gasteiger partial charge in [0, 0.05) is 25.8 Å². The van der Waals surface area contributed by atoms with E-state index in [0.717, 1.165) is 11.1 Å². The van der Waals surface area contributed by atoms with E-state index in [0.29, 0.717) is 36.1 Å². The largest absolute Gasteiger partial charge is 0.455 e. The molecule has 3 amide bonds. The number of nitrogens with zero attached hydrogens (tertiary/aromatic N) is 2. The average Bonchev–Trinajstić information content (AvgIpc) is 3.84. The Labute approximate surface area is 322 Å². The van der Waals surface area contributed by atoms with E-state index in [1.807, 2.05) is 80.6 Å². The molecule has 8 atom stereocenters. The number of rotatable bonds is 17. The maximum Gasteiger partial charge on any atom is 0.313 e. The molecule has 290 valence electrons. The van der Waals surface area contributed by atoms with Gasteiger partial charge in [-0.2, -0.15) is 0 Å². The molecule has 3 heterocycles. The van der Waals surface area contributed by atoms with Crippen LogP contribution in [0.25, 0.3) is 0 Å². The number of aryl methyl sites for hydroxylation is 2. The van der Waals surface area contributed by atoms with Crippen LogP contribution in [-0.4, -0.2) is 84.4 Å². The lowest BCUT2D eigenvalue weighted by Crippen LogP contribution is -2.57. The van der Waals surface area contributed by atoms with Gasteiger partial charge >= 0.3 is 5.97 Å². The number of likely N-dealkylation sites (tertiary alicyclic amines) is 1. The number of aliphatic hydroxyl groups is 1. The van der Waals surface area contributed by atoms with Crippen LogP contribution in [0.15, 0.2) is 104 Å². The second-order valence-corrected chi connectivity index (χ2v) is 14.7. The van der Waals surface area contributed by atoms with E-state index in [1.54, 1.807) is 29.2 Å². The number of amides is 3. The lowest BCUT2D eigenvalue weighted by Gasteiger charge is -2.39. The van der Waals surface area contributed by atoms with E-state index in [4.69, 9.17) is 14.2 Å². The average molecular weight is 750 g/mol. The summed E-state index contributed by atoms with van der Waals surface area (Å²) in [7, 11) is 1.50. The van der Waals surface area contributed by atoms with Crippen molar-refractivity contribution >= 4 is 29.4 Å². The summed E-state index contributed by atoms with van der Waals surface area (Å²) >= 11 is 0. The zero-order valence-electron chi connectivity index (χ0n) is 31.8. The van der Waals surface area contributed by atoms with Gasteiger partial charge in [-0.3, -0.25) is 19.2 Å². The Morgan fingerprint density at radius 2 is 1.73 bits per heavy atom. The normalized spacial score (nSPS) is 24.1. The number of nitrogens with one attached hydrogen (secondary N) is 1. The fourth-order valence-corrected chi connectivity index (χ4v) is 8.72. The number of ether oxygens (including phenoxy) is 3. The summed E-state index contributed by atoms with van der Waals surface area (Å²) in [4.78, 5) is 61.1. The topological polar surface area (TPSA) is 135 Å². The van der Waals surface area contributed by atoms with Crippen LogP contribution < -0.4 is 10.2 Å². The van der Waals surface area contributed by atoms with Gasteiger partial charge in [0.05, 0.1) is 43.2 Å². The Balaban J connectivity index is 1.42. The quantitative estimate of drug-likeness (QED) is 0.140. The molecule has 0 unspecified atom stereocenters. The van der Waals surface area contributed by atoms with E-state index >= 15 is 9.59 Å². The molecule has 3 aromatic rings. The molecular weight excluding hydrogens is 698 g/mol. The van der Waals surface area contributed by atoms with Crippen molar-refractivity contribution in [3.05, 3.63) is 126 Å². The third-order valence-electron chi connectivity index (χ3n) is 11.2. The second kappa shape index (κ2) is 17.1. The molecule has 3 fully saturated rings. The van der Waals surface area contributed by atoms with Gasteiger partial charge < -0.3 is 34.4 Å². The summed E-state index contributed by atoms with van der Waals surface area (Å²) in [5, 5.41) is 13.9. The van der Waals surface area contributed by atoms with Crippen LogP contribution in [0.5, 0.6) is 0 Å². The van der Waals surface area contributed by atoms with E-state index in [2.05, 4.69) is 18.5 Å². The molecule has 0 aromatic heterocycles. The molecule has 3 aromatic carbocycles. The number of benzene rings is 3. The lowest BCUT2D eigenvalue weighted by molar-refractivity contribution is -0.163. The molecule has 3 aliphatic heterocycles. The van der Waals surface area contributed by atoms with Crippen LogP contribution in [0.3, 0.4) is 0 Å². The molecule has 2 N–H and O–H groups in total. The maximum absolute atomic E-state index is 15.3. The van der Waals surface area contributed by atoms with Crippen molar-refractivity contribution in [1.82, 2.24) is 10.2 Å². The summed E-state index contributed by atoms with van der Waals surface area (Å²) < 4.78 is 18.7. The number of hydrogen-bond donors (Lipinski definition) is 2. The van der Waals surface area contributed by atoms with Gasteiger partial charge in [0.25, 0.3) is 5.91 Å². The van der Waals surface area contributed by atoms with Crippen LogP contribution in [0.4, 0.5) is 5.69 Å². The molecule has 55 heavy (non-hydrogen) atoms. The molecule has 6 rings (SSSR count). The highest BCUT2D eigenvalue weighted by Gasteiger charge is 2.76. The predicted octanol–water partition coefficient (Wildman–Crippen LogP) is 5.31. The number of esters is 1. The van der Waals surface area contributed by atoms with Gasteiger partial charge in [0.1, 0.15) is 17.7 Å². The molecule has 0 aliphatic carbocycles. The van der Waals surface area contributed by atoms with Crippen molar-refractivity contribution in [3.8, 4) is 0 Å². The van der Waals surface area contributed by atoms with Crippen molar-refractivity contribution in [3.63, 3.8) is 0 Å². The van der Waals surface area contributed by atoms with Crippen molar-refractivity contribution in [2.24, 2.45) is 11.8 Å². The number of carbonyl (C=O) groups is 4. The first-order chi connectivity index (χ1) is 26.6. The first-order valence-electron chi connectivity index (χ1n) is 18.9. The molecule has 3 saturated heterocycles. The molecular formula is C44H51N3O8. The molecule has 3 aliphatic rings. The third-order valence-corrected chi connectivity index (χ3v) is 11.2. The molecule has 2 bridgehead atoms. The van der Waals surface area contributed by atoms with Crippen molar-refractivity contribution in [2.45, 2.75) is 75.5 Å². The molecule has 1 spiro atoms. The number of anilines is 1. The summed E-state index contributed by atoms with van der Waals surface area (Å²) in [5.74, 6) is -3.92. The highest BCUT2D eigenvalue weighted by atomic mass is 16.6. The monoisotopic (exact) mass is 749 g/mol. The van der Waals surface area contributed by atoms with Gasteiger partial charge in [0.15, 0.2) is 0 Å². The summed E-state index contributed by atoms with van der Waals surface area (Å²) in [6.45, 7) is 11.2. The number of methoxy groups -OCH3 is 1. The van der Waals surface area contributed by atoms with Gasteiger partial charge in [-0.25, -0.2) is 0 Å². The first-order valence-corrected chi connectivity index (χ1v) is 18.9. The Hall–Kier alpha value is -5.10. The SMILES string of the molecule is C=CCCC(=O)N[C@@H](COC)[C@@H](OC(=O)[C@@H]1[C@@H]2CC[C@]3(O2)[C@H](C(=O)N(CC=C)c2cc(C)ccc2C)N([C@H](CO)c2ccccc2)C(=O)[C@@H]13)c1ccccc1. The molecule has 0 saturated carbocycles. The Morgan fingerprint density at radius 3 is 2.36 bits per heavy atom. The van der Waals surface area contributed by atoms with Crippen LogP contribution >= 0.6 is 0 Å². The Bertz CT molecular complexity index is 1890. The smallest absolute Gasteiger partial charge is 0.313 e. The van der Waals surface area contributed by atoms with Crippen molar-refractivity contribution in [1.29, 1.82) is 0 Å². The van der Waals surface area contributed by atoms with Crippen molar-refractivity contribution in [2.75, 3.05) is 31.8 Å². The summed E-state index contributed by atoms with van der Waals surface area (Å²) in [6.07, 6.45) is 3.05. The predicted molar refractivity (Wildman–Crippen MR) is 208 cm³/mol. The van der Waals surface area contributed by atoms with Crippen LogP contribution in [0, 0.1) is 25.7 Å². The number of allylic oxidation sites excluding steroid dienone is 1. The number of aliphatic hydroxyl groups excluding tert-OH is 1. The lowest BCUT2D eigenvalue weighted by atomic mass is 9.70. The van der Waals surface area contributed by atoms with Crippen LogP contribution in [0.2, 0.25) is 0 Å². The fraction of sp³-hybridized carbons (Fsp3) is 0.409. The Morgan fingerprint density at radius 1 is 1.04 bits per heavy atom. The standard InChI is InChI=1S/C44H51N3O8/c1-6-8-19-36(49)45-32(27-53-5)39(31-17-13-10-14-18-31)54-43(52)37-35-22-23-44(55-35)38(37)41(50)47(34(26-48)30-15-11-9-12-16-30)40(44)42(51)46(24-7-2)33-25-28(3)20-21-29(33)4/h6-7,9-18,20-21,25,32,34-35,37-40,48H,1-2,8,19,22-24,26-27H2,3-5H3,(H,45,49)/t32-,34+,35-,37+,38+,39-,40-,44+/m0/s1. The molecule has 11 nitrogen and oxygen atoms in total. The van der Waals surface area contributed by atoms with E-state index in [-0.39, 0.29) is 25.5 Å². The number of fused-ring (bicyclic) bond motifs is 1. The first kappa shape index (κ1) is 39.6. The highest BCUT2D eigenvalue weighted by molar-refractivity contribution is 6.05. The van der Waals surface area contributed by atoms with Gasteiger partial charge in [0.2, 0.25) is 11.8 Å². The minimum atomic E-state index is -1.38. The minimum Gasteiger partial charge on any atom is -0.455 e. The number of hydrogen-bond acceptors (Lipinski definition) is 8. The second-order valence-electron chi connectivity index (χ2n) is 14.7. The fourth-order valence-electron chi connectivity index (χ4n) is 8.72. The van der Waals surface area contributed by atoms with E-state index < -0.39 is 72.2 Å². The molecule has 0 radical (unpaired) electrons. The van der Waals surface area contributed by atoms with E-state index in [9.17, 15) is 14.7 Å². The van der Waals surface area contributed by atoms with Gasteiger partial charge in [-0.1, -0.05) is 84.9 Å². The minimum absolute atomic E-state index is 0.0423. The summed E-state index contributed by atoms with van der Waals surface area (Å²) in [6, 6.07) is 21.2. The number of carbonyl (C=O) groups excluding carboxylic acids is 4. The van der Waals surface area contributed by atoms with E-state index in [1.165, 1.54) is 12.0 Å². The Kier molecular flexibility index (Phi) is 12.3. The zero-order valence-corrected chi connectivity index (χ0v) is 31.8. The third kappa shape index (κ3) is 7.61. The zero-order chi connectivity index (χ0) is 39.3.